The van der Waals surface area contributed by atoms with Crippen molar-refractivity contribution in [2.75, 3.05) is 6.61 Å². The Morgan fingerprint density at radius 2 is 2.00 bits per heavy atom. The molecule has 1 aromatic rings. The maximum Gasteiger partial charge on any atom is 0.375 e. The highest BCUT2D eigenvalue weighted by Crippen LogP contribution is 2.34. The molecule has 0 aliphatic heterocycles. The summed E-state index contributed by atoms with van der Waals surface area (Å²) in [6.45, 7) is 3.72. The molecule has 4 heteroatoms. The molecule has 0 N–H and O–H groups in total. The molecule has 2 atom stereocenters. The molecule has 0 spiro atoms. The SMILES string of the molecule is CCOC(=O)C(=O)C1CC(C)c2ccccc2C1=O. The molecule has 100 valence electrons. The van der Waals surface area contributed by atoms with Gasteiger partial charge in [0, 0.05) is 5.56 Å². The highest BCUT2D eigenvalue weighted by atomic mass is 16.5. The molecule has 0 fully saturated rings. The summed E-state index contributed by atoms with van der Waals surface area (Å²) in [7, 11) is 0. The Balaban J connectivity index is 2.30. The van der Waals surface area contributed by atoms with Gasteiger partial charge in [-0.3, -0.25) is 9.59 Å². The van der Waals surface area contributed by atoms with E-state index in [1.54, 1.807) is 19.1 Å². The topological polar surface area (TPSA) is 60.4 Å². The number of rotatable bonds is 3. The molecule has 4 nitrogen and oxygen atoms in total. The van der Waals surface area contributed by atoms with Crippen molar-refractivity contribution in [3.63, 3.8) is 0 Å². The molecule has 1 aliphatic rings. The van der Waals surface area contributed by atoms with E-state index in [1.165, 1.54) is 0 Å². The molecule has 1 aromatic carbocycles. The number of hydrogen-bond acceptors (Lipinski definition) is 4. The normalized spacial score (nSPS) is 21.7. The number of ether oxygens (including phenoxy) is 1. The molecule has 0 saturated heterocycles. The summed E-state index contributed by atoms with van der Waals surface area (Å²) in [4.78, 5) is 35.7. The van der Waals surface area contributed by atoms with E-state index in [2.05, 4.69) is 4.74 Å². The zero-order valence-electron chi connectivity index (χ0n) is 11.0. The van der Waals surface area contributed by atoms with Crippen LogP contribution in [0.15, 0.2) is 24.3 Å². The van der Waals surface area contributed by atoms with Crippen molar-refractivity contribution in [2.24, 2.45) is 5.92 Å². The van der Waals surface area contributed by atoms with Crippen molar-refractivity contribution in [3.8, 4) is 0 Å². The Hall–Kier alpha value is -1.97. The van der Waals surface area contributed by atoms with Gasteiger partial charge in [0.2, 0.25) is 0 Å². The first-order chi connectivity index (χ1) is 9.06. The summed E-state index contributed by atoms with van der Waals surface area (Å²) >= 11 is 0. The summed E-state index contributed by atoms with van der Waals surface area (Å²) in [6.07, 6.45) is 0.369. The minimum atomic E-state index is -0.910. The molecular formula is C15H16O4. The Morgan fingerprint density at radius 1 is 1.32 bits per heavy atom. The monoisotopic (exact) mass is 260 g/mol. The lowest BCUT2D eigenvalue weighted by Gasteiger charge is -2.26. The smallest absolute Gasteiger partial charge is 0.375 e. The molecule has 0 bridgehead atoms. The first kappa shape index (κ1) is 13.5. The number of carbonyl (C=O) groups excluding carboxylic acids is 3. The van der Waals surface area contributed by atoms with Gasteiger partial charge in [-0.2, -0.15) is 0 Å². The molecule has 19 heavy (non-hydrogen) atoms. The lowest BCUT2D eigenvalue weighted by Crippen LogP contribution is -2.36. The van der Waals surface area contributed by atoms with Gasteiger partial charge in [-0.05, 0) is 24.8 Å². The van der Waals surface area contributed by atoms with Crippen LogP contribution in [0.5, 0.6) is 0 Å². The zero-order valence-corrected chi connectivity index (χ0v) is 11.0. The average Bonchev–Trinajstić information content (AvgIpc) is 2.42. The van der Waals surface area contributed by atoms with Gasteiger partial charge in [-0.1, -0.05) is 31.2 Å². The van der Waals surface area contributed by atoms with Crippen molar-refractivity contribution in [1.29, 1.82) is 0 Å². The number of hydrogen-bond donors (Lipinski definition) is 0. The van der Waals surface area contributed by atoms with Gasteiger partial charge in [-0.15, -0.1) is 0 Å². The van der Waals surface area contributed by atoms with Crippen LogP contribution in [0, 0.1) is 5.92 Å². The second-order valence-electron chi connectivity index (χ2n) is 4.73. The lowest BCUT2D eigenvalue weighted by molar-refractivity contribution is -0.154. The number of Topliss-reactive ketones (excluding diaryl/α,β-unsaturated/α-hetero) is 2. The van der Waals surface area contributed by atoms with E-state index < -0.39 is 17.7 Å². The van der Waals surface area contributed by atoms with Crippen LogP contribution in [0.3, 0.4) is 0 Å². The fraction of sp³-hybridized carbons (Fsp3) is 0.400. The second-order valence-corrected chi connectivity index (χ2v) is 4.73. The maximum absolute atomic E-state index is 12.3. The van der Waals surface area contributed by atoms with Crippen molar-refractivity contribution in [1.82, 2.24) is 0 Å². The summed E-state index contributed by atoms with van der Waals surface area (Å²) < 4.78 is 4.69. The molecule has 0 radical (unpaired) electrons. The second kappa shape index (κ2) is 5.34. The van der Waals surface area contributed by atoms with Crippen LogP contribution in [0.2, 0.25) is 0 Å². The third-order valence-electron chi connectivity index (χ3n) is 3.46. The third-order valence-corrected chi connectivity index (χ3v) is 3.46. The van der Waals surface area contributed by atoms with E-state index in [9.17, 15) is 14.4 Å². The molecule has 0 amide bonds. The summed E-state index contributed by atoms with van der Waals surface area (Å²) in [5.74, 6) is -2.73. The van der Waals surface area contributed by atoms with E-state index >= 15 is 0 Å². The van der Waals surface area contributed by atoms with Gasteiger partial charge in [0.05, 0.1) is 12.5 Å². The van der Waals surface area contributed by atoms with Crippen LogP contribution in [0.1, 0.15) is 42.1 Å². The number of esters is 1. The number of fused-ring (bicyclic) bond motifs is 1. The quantitative estimate of drug-likeness (QED) is 0.474. The predicted molar refractivity (Wildman–Crippen MR) is 68.9 cm³/mol. The van der Waals surface area contributed by atoms with Crippen molar-refractivity contribution in [2.45, 2.75) is 26.2 Å². The van der Waals surface area contributed by atoms with Gasteiger partial charge < -0.3 is 4.74 Å². The fourth-order valence-corrected chi connectivity index (χ4v) is 2.50. The third kappa shape index (κ3) is 2.43. The summed E-state index contributed by atoms with van der Waals surface area (Å²) in [6, 6.07) is 7.23. The van der Waals surface area contributed by atoms with Gasteiger partial charge in [-0.25, -0.2) is 4.79 Å². The molecule has 1 aliphatic carbocycles. The average molecular weight is 260 g/mol. The summed E-state index contributed by atoms with van der Waals surface area (Å²) in [5.41, 5.74) is 1.49. The van der Waals surface area contributed by atoms with E-state index in [-0.39, 0.29) is 18.3 Å². The minimum Gasteiger partial charge on any atom is -0.460 e. The van der Waals surface area contributed by atoms with E-state index in [0.717, 1.165) is 5.56 Å². The number of carbonyl (C=O) groups is 3. The summed E-state index contributed by atoms with van der Waals surface area (Å²) in [5, 5.41) is 0. The Labute approximate surface area is 111 Å². The number of benzene rings is 1. The number of ketones is 2. The van der Waals surface area contributed by atoms with Crippen molar-refractivity contribution >= 4 is 17.5 Å². The Kier molecular flexibility index (Phi) is 3.79. The van der Waals surface area contributed by atoms with Crippen LogP contribution in [0.25, 0.3) is 0 Å². The Morgan fingerprint density at radius 3 is 2.68 bits per heavy atom. The predicted octanol–water partition coefficient (Wildman–Crippen LogP) is 2.12. The van der Waals surface area contributed by atoms with Gasteiger partial charge in [0.25, 0.3) is 5.78 Å². The lowest BCUT2D eigenvalue weighted by atomic mass is 9.75. The van der Waals surface area contributed by atoms with Gasteiger partial charge in [0.1, 0.15) is 0 Å². The zero-order chi connectivity index (χ0) is 14.0. The molecule has 2 unspecified atom stereocenters. The van der Waals surface area contributed by atoms with Crippen molar-refractivity contribution < 1.29 is 19.1 Å². The maximum atomic E-state index is 12.3. The first-order valence-electron chi connectivity index (χ1n) is 6.40. The van der Waals surface area contributed by atoms with Crippen LogP contribution in [-0.2, 0) is 14.3 Å². The fourth-order valence-electron chi connectivity index (χ4n) is 2.50. The highest BCUT2D eigenvalue weighted by molar-refractivity contribution is 6.39. The van der Waals surface area contributed by atoms with Crippen LogP contribution in [-0.4, -0.2) is 24.1 Å². The molecule has 0 aromatic heterocycles. The first-order valence-corrected chi connectivity index (χ1v) is 6.40. The standard InChI is InChI=1S/C15H16O4/c1-3-19-15(18)14(17)12-8-9(2)10-6-4-5-7-11(10)13(12)16/h4-7,9,12H,3,8H2,1-2H3. The van der Waals surface area contributed by atoms with E-state index in [0.29, 0.717) is 12.0 Å². The van der Waals surface area contributed by atoms with Crippen LogP contribution < -0.4 is 0 Å². The molecular weight excluding hydrogens is 244 g/mol. The van der Waals surface area contributed by atoms with Gasteiger partial charge >= 0.3 is 5.97 Å². The van der Waals surface area contributed by atoms with E-state index in [1.807, 2.05) is 19.1 Å². The van der Waals surface area contributed by atoms with E-state index in [4.69, 9.17) is 0 Å². The van der Waals surface area contributed by atoms with Crippen molar-refractivity contribution in [3.05, 3.63) is 35.4 Å². The largest absolute Gasteiger partial charge is 0.460 e. The minimum absolute atomic E-state index is 0.0808. The molecule has 2 rings (SSSR count). The van der Waals surface area contributed by atoms with Crippen LogP contribution >= 0.6 is 0 Å². The molecule has 0 heterocycles. The highest BCUT2D eigenvalue weighted by Gasteiger charge is 2.39. The van der Waals surface area contributed by atoms with Crippen LogP contribution in [0.4, 0.5) is 0 Å². The molecule has 0 saturated carbocycles. The Bertz CT molecular complexity index is 533. The van der Waals surface area contributed by atoms with Gasteiger partial charge in [0.15, 0.2) is 5.78 Å².